The van der Waals surface area contributed by atoms with E-state index in [0.717, 1.165) is 52.1 Å². The van der Waals surface area contributed by atoms with E-state index < -0.39 is 134 Å². The van der Waals surface area contributed by atoms with Crippen LogP contribution in [0.25, 0.3) is 0 Å². The van der Waals surface area contributed by atoms with Crippen LogP contribution in [0.4, 0.5) is 0 Å². The van der Waals surface area contributed by atoms with E-state index in [0.29, 0.717) is 19.3 Å². The molecule has 3 aliphatic heterocycles. The Labute approximate surface area is 398 Å². The van der Waals surface area contributed by atoms with Gasteiger partial charge in [-0.05, 0) is 109 Å². The second kappa shape index (κ2) is 18.5. The Morgan fingerprint density at radius 3 is 1.90 bits per heavy atom. The van der Waals surface area contributed by atoms with Gasteiger partial charge in [-0.3, -0.25) is 4.79 Å². The number of methoxy groups -OCH3 is 1. The highest BCUT2D eigenvalue weighted by atomic mass is 16.8. The van der Waals surface area contributed by atoms with E-state index in [-0.39, 0.29) is 39.4 Å². The van der Waals surface area contributed by atoms with Gasteiger partial charge in [0.25, 0.3) is 0 Å². The Morgan fingerprint density at radius 1 is 0.647 bits per heavy atom. The molecule has 10 N–H and O–H groups in total. The second-order valence-electron chi connectivity index (χ2n) is 23.7. The van der Waals surface area contributed by atoms with Crippen molar-refractivity contribution in [1.82, 2.24) is 0 Å². The van der Waals surface area contributed by atoms with Crippen LogP contribution in [0.5, 0.6) is 0 Å². The van der Waals surface area contributed by atoms with Crippen molar-refractivity contribution < 1.29 is 93.8 Å². The smallest absolute Gasteiger partial charge is 0.337 e. The van der Waals surface area contributed by atoms with Crippen molar-refractivity contribution in [1.29, 1.82) is 0 Å². The zero-order valence-electron chi connectivity index (χ0n) is 40.7. The van der Waals surface area contributed by atoms with Crippen molar-refractivity contribution in [3.05, 3.63) is 11.6 Å². The molecule has 8 rings (SSSR count). The number of hydrogen-bond donors (Lipinski definition) is 10. The summed E-state index contributed by atoms with van der Waals surface area (Å²) in [7, 11) is 1.06. The number of esters is 2. The average molecular weight is 971 g/mol. The summed E-state index contributed by atoms with van der Waals surface area (Å²) in [6.07, 6.45) is -15.4. The Bertz CT molecular complexity index is 1890. The number of carbonyl (C=O) groups is 2. The van der Waals surface area contributed by atoms with E-state index in [1.807, 2.05) is 0 Å². The molecule has 68 heavy (non-hydrogen) atoms. The van der Waals surface area contributed by atoms with Crippen LogP contribution in [-0.2, 0) is 42.7 Å². The summed E-state index contributed by atoms with van der Waals surface area (Å²) in [6, 6.07) is 0. The van der Waals surface area contributed by atoms with Crippen LogP contribution in [0.1, 0.15) is 113 Å². The lowest BCUT2D eigenvalue weighted by Crippen LogP contribution is -2.67. The van der Waals surface area contributed by atoms with Gasteiger partial charge in [0.1, 0.15) is 67.1 Å². The minimum atomic E-state index is -1.90. The molecule has 23 atom stereocenters. The van der Waals surface area contributed by atoms with E-state index in [1.54, 1.807) is 0 Å². The molecule has 0 radical (unpaired) electrons. The minimum Gasteiger partial charge on any atom is -0.467 e. The first kappa shape index (κ1) is 52.4. The number of hydrogen-bond acceptors (Lipinski definition) is 19. The fourth-order valence-corrected chi connectivity index (χ4v) is 15.1. The predicted octanol–water partition coefficient (Wildman–Crippen LogP) is 0.321. The SMILES string of the molecule is COC(=O)C1OC(OC2C(OC3CCC4(C)C(CCC5(C)C4CC=C4C6CC(C)(C)CCC6(C(=O)OC6OC(CO)C(O)C(O)C6O)CCC45C)C3(C)C)OC(CO)C(O)C2O)C(O)C(O)C1O. The maximum atomic E-state index is 14.7. The van der Waals surface area contributed by atoms with Crippen molar-refractivity contribution in [2.75, 3.05) is 20.3 Å². The molecular formula is C49H78O19. The fourth-order valence-electron chi connectivity index (χ4n) is 15.1. The largest absolute Gasteiger partial charge is 0.467 e. The lowest BCUT2D eigenvalue weighted by molar-refractivity contribution is -0.375. The number of carbonyl (C=O) groups excluding carboxylic acids is 2. The van der Waals surface area contributed by atoms with Gasteiger partial charge in [-0.25, -0.2) is 4.79 Å². The normalized spacial score (nSPS) is 52.0. The molecule has 4 saturated carbocycles. The predicted molar refractivity (Wildman–Crippen MR) is 235 cm³/mol. The highest BCUT2D eigenvalue weighted by Crippen LogP contribution is 2.76. The number of allylic oxidation sites excluding steroid dienone is 2. The summed E-state index contributed by atoms with van der Waals surface area (Å²) in [5.74, 6) is -1.33. The van der Waals surface area contributed by atoms with Gasteiger partial charge in [0.2, 0.25) is 6.29 Å². The number of fused-ring (bicyclic) bond motifs is 7. The molecule has 23 unspecified atom stereocenters. The number of aliphatic hydroxyl groups excluding tert-OH is 10. The molecule has 0 bridgehead atoms. The summed E-state index contributed by atoms with van der Waals surface area (Å²) in [6.45, 7) is 14.7. The average Bonchev–Trinajstić information content (AvgIpc) is 3.29. The van der Waals surface area contributed by atoms with Gasteiger partial charge < -0.3 is 84.2 Å². The zero-order chi connectivity index (χ0) is 49.8. The van der Waals surface area contributed by atoms with E-state index in [4.69, 9.17) is 33.2 Å². The van der Waals surface area contributed by atoms with Crippen LogP contribution >= 0.6 is 0 Å². The van der Waals surface area contributed by atoms with E-state index in [2.05, 4.69) is 54.5 Å². The van der Waals surface area contributed by atoms with Crippen molar-refractivity contribution in [3.8, 4) is 0 Å². The zero-order valence-corrected chi connectivity index (χ0v) is 40.7. The first-order valence-corrected chi connectivity index (χ1v) is 24.7. The number of aliphatic hydroxyl groups is 10. The Morgan fingerprint density at radius 2 is 1.25 bits per heavy atom. The lowest BCUT2D eigenvalue weighted by Gasteiger charge is -2.71. The maximum Gasteiger partial charge on any atom is 0.337 e. The molecule has 0 aromatic rings. The third-order valence-corrected chi connectivity index (χ3v) is 19.5. The lowest BCUT2D eigenvalue weighted by atomic mass is 9.33. The summed E-state index contributed by atoms with van der Waals surface area (Å²) in [5.41, 5.74) is -0.872. The van der Waals surface area contributed by atoms with E-state index in [1.165, 1.54) is 5.57 Å². The minimum absolute atomic E-state index is 0.0731. The number of rotatable bonds is 9. The van der Waals surface area contributed by atoms with Gasteiger partial charge in [-0.1, -0.05) is 60.1 Å². The summed E-state index contributed by atoms with van der Waals surface area (Å²) in [5, 5.41) is 106. The molecule has 0 aromatic heterocycles. The molecule has 3 heterocycles. The van der Waals surface area contributed by atoms with Gasteiger partial charge in [0.15, 0.2) is 18.7 Å². The van der Waals surface area contributed by atoms with Crippen molar-refractivity contribution in [3.63, 3.8) is 0 Å². The molecule has 19 nitrogen and oxygen atoms in total. The van der Waals surface area contributed by atoms with Crippen LogP contribution in [0.15, 0.2) is 11.6 Å². The van der Waals surface area contributed by atoms with Crippen LogP contribution in [-0.4, -0.2) is 182 Å². The van der Waals surface area contributed by atoms with Gasteiger partial charge in [0, 0.05) is 0 Å². The topological polar surface area (TPSA) is 301 Å². The van der Waals surface area contributed by atoms with Crippen LogP contribution in [0, 0.1) is 50.2 Å². The third-order valence-electron chi connectivity index (χ3n) is 19.5. The first-order valence-electron chi connectivity index (χ1n) is 24.7. The Balaban J connectivity index is 1.04. The fraction of sp³-hybridized carbons (Fsp3) is 0.918. The highest BCUT2D eigenvalue weighted by molar-refractivity contribution is 5.79. The molecule has 0 aromatic carbocycles. The van der Waals surface area contributed by atoms with Gasteiger partial charge in [0.05, 0.1) is 31.8 Å². The van der Waals surface area contributed by atoms with Crippen molar-refractivity contribution in [2.45, 2.75) is 211 Å². The molecule has 0 spiro atoms. The standard InChI is InChI=1S/C49H78O19/c1-44(2)15-17-49(43(61)68-40-35(58)31(54)29(52)24(20-50)63-40)18-16-47(6)22(23(49)19-44)9-10-27-46(5)13-12-28(45(3,4)26(46)11-14-48(27,47)7)65-42-38(33(56)30(53)25(21-51)64-42)67-41-36(59)32(55)34(57)37(66-41)39(60)62-8/h9,23-38,40-42,50-59H,10-21H2,1-8H3. The molecule has 3 saturated heterocycles. The van der Waals surface area contributed by atoms with Gasteiger partial charge >= 0.3 is 11.9 Å². The van der Waals surface area contributed by atoms with Crippen molar-refractivity contribution >= 4 is 11.9 Å². The third kappa shape index (κ3) is 8.13. The van der Waals surface area contributed by atoms with E-state index in [9.17, 15) is 60.7 Å². The highest BCUT2D eigenvalue weighted by Gasteiger charge is 2.70. The van der Waals surface area contributed by atoms with Crippen LogP contribution in [0.3, 0.4) is 0 Å². The Hall–Kier alpha value is -1.92. The summed E-state index contributed by atoms with van der Waals surface area (Å²) >= 11 is 0. The van der Waals surface area contributed by atoms with Gasteiger partial charge in [-0.2, -0.15) is 0 Å². The summed E-state index contributed by atoms with van der Waals surface area (Å²) in [4.78, 5) is 27.1. The Kier molecular flexibility index (Phi) is 14.3. The monoisotopic (exact) mass is 971 g/mol. The number of ether oxygens (including phenoxy) is 7. The second-order valence-corrected chi connectivity index (χ2v) is 23.7. The molecule has 0 amide bonds. The van der Waals surface area contributed by atoms with E-state index >= 15 is 0 Å². The molecule has 5 aliphatic carbocycles. The maximum absolute atomic E-state index is 14.7. The molecule has 19 heteroatoms. The van der Waals surface area contributed by atoms with Crippen LogP contribution < -0.4 is 0 Å². The first-order chi connectivity index (χ1) is 31.8. The summed E-state index contributed by atoms with van der Waals surface area (Å²) < 4.78 is 40.8. The quantitative estimate of drug-likeness (QED) is 0.0846. The van der Waals surface area contributed by atoms with Gasteiger partial charge in [-0.15, -0.1) is 0 Å². The molecule has 7 fully saturated rings. The molecule has 8 aliphatic rings. The van der Waals surface area contributed by atoms with Crippen LogP contribution in [0.2, 0.25) is 0 Å². The molecule has 388 valence electrons. The molecular weight excluding hydrogens is 893 g/mol. The van der Waals surface area contributed by atoms with Crippen molar-refractivity contribution in [2.24, 2.45) is 50.2 Å².